The van der Waals surface area contributed by atoms with Crippen molar-refractivity contribution >= 4 is 43.6 Å². The molecule has 0 fully saturated rings. The first-order chi connectivity index (χ1) is 12.0. The lowest BCUT2D eigenvalue weighted by atomic mass is 9.91. The summed E-state index contributed by atoms with van der Waals surface area (Å²) in [6.45, 7) is 12.1. The largest absolute Gasteiger partial charge is 0.489 e. The van der Waals surface area contributed by atoms with Gasteiger partial charge in [-0.3, -0.25) is 0 Å². The van der Waals surface area contributed by atoms with Gasteiger partial charge in [0.25, 0.3) is 0 Å². The summed E-state index contributed by atoms with van der Waals surface area (Å²) in [6, 6.07) is 3.85. The van der Waals surface area contributed by atoms with E-state index in [1.54, 1.807) is 16.8 Å². The van der Waals surface area contributed by atoms with Gasteiger partial charge in [-0.15, -0.1) is 11.3 Å². The number of nitrogens with zero attached hydrogens (tertiary/aromatic N) is 1. The van der Waals surface area contributed by atoms with E-state index >= 15 is 0 Å². The zero-order valence-electron chi connectivity index (χ0n) is 16.2. The SMILES string of the molecule is CC(C)C[C@@](C)(COc1ccc(Br)c2scnc12)NC(=O)OC(C)(C)C. The minimum Gasteiger partial charge on any atom is -0.489 e. The Labute approximate surface area is 167 Å². The van der Waals surface area contributed by atoms with E-state index in [1.165, 1.54) is 0 Å². The average molecular weight is 443 g/mol. The van der Waals surface area contributed by atoms with Crippen LogP contribution in [0.15, 0.2) is 22.1 Å². The van der Waals surface area contributed by atoms with Crippen LogP contribution in [0.3, 0.4) is 0 Å². The van der Waals surface area contributed by atoms with Crippen LogP contribution < -0.4 is 10.1 Å². The number of carbonyl (C=O) groups excluding carboxylic acids is 1. The van der Waals surface area contributed by atoms with Gasteiger partial charge in [0.1, 0.15) is 23.5 Å². The molecule has 0 aliphatic rings. The van der Waals surface area contributed by atoms with Gasteiger partial charge >= 0.3 is 6.09 Å². The summed E-state index contributed by atoms with van der Waals surface area (Å²) in [7, 11) is 0. The van der Waals surface area contributed by atoms with Gasteiger partial charge in [-0.2, -0.15) is 0 Å². The molecule has 1 aromatic heterocycles. The predicted octanol–water partition coefficient (Wildman–Crippen LogP) is 5.77. The number of fused-ring (bicyclic) bond motifs is 1. The van der Waals surface area contributed by atoms with Gasteiger partial charge in [-0.05, 0) is 68.1 Å². The van der Waals surface area contributed by atoms with Crippen molar-refractivity contribution in [3.63, 3.8) is 0 Å². The van der Waals surface area contributed by atoms with Crippen LogP contribution in [0, 0.1) is 5.92 Å². The molecule has 0 spiro atoms. The highest BCUT2D eigenvalue weighted by Crippen LogP contribution is 2.34. The van der Waals surface area contributed by atoms with Crippen molar-refractivity contribution in [3.05, 3.63) is 22.1 Å². The zero-order valence-corrected chi connectivity index (χ0v) is 18.6. The van der Waals surface area contributed by atoms with E-state index in [0.29, 0.717) is 18.3 Å². The molecule has 0 radical (unpaired) electrons. The van der Waals surface area contributed by atoms with Crippen LogP contribution in [-0.4, -0.2) is 28.8 Å². The first kappa shape index (κ1) is 21.0. The second-order valence-electron chi connectivity index (χ2n) is 8.15. The molecule has 1 heterocycles. The van der Waals surface area contributed by atoms with Gasteiger partial charge in [0, 0.05) is 4.47 Å². The summed E-state index contributed by atoms with van der Waals surface area (Å²) in [5.74, 6) is 1.10. The van der Waals surface area contributed by atoms with Gasteiger partial charge in [0.05, 0.1) is 15.7 Å². The summed E-state index contributed by atoms with van der Waals surface area (Å²) in [6.07, 6.45) is 0.335. The molecule has 0 aliphatic carbocycles. The molecule has 26 heavy (non-hydrogen) atoms. The van der Waals surface area contributed by atoms with E-state index in [2.05, 4.69) is 40.1 Å². The Kier molecular flexibility index (Phi) is 6.55. The summed E-state index contributed by atoms with van der Waals surface area (Å²) >= 11 is 5.10. The van der Waals surface area contributed by atoms with Gasteiger partial charge in [0.15, 0.2) is 0 Å². The highest BCUT2D eigenvalue weighted by molar-refractivity contribution is 9.10. The van der Waals surface area contributed by atoms with E-state index in [9.17, 15) is 4.79 Å². The Morgan fingerprint density at radius 2 is 2.00 bits per heavy atom. The standard InChI is InChI=1S/C19H27BrN2O3S/c1-12(2)9-19(6,22-17(23)25-18(3,4)5)10-24-14-8-7-13(20)16-15(14)21-11-26-16/h7-8,11-12H,9-10H2,1-6H3,(H,22,23)/t19-/m0/s1. The van der Waals surface area contributed by atoms with E-state index < -0.39 is 17.2 Å². The molecule has 7 heteroatoms. The number of amides is 1. The minimum absolute atomic E-state index is 0.332. The van der Waals surface area contributed by atoms with Gasteiger partial charge in [-0.25, -0.2) is 9.78 Å². The van der Waals surface area contributed by atoms with Crippen LogP contribution in [0.4, 0.5) is 4.79 Å². The van der Waals surface area contributed by atoms with E-state index in [1.807, 2.05) is 39.8 Å². The molecule has 0 bridgehead atoms. The topological polar surface area (TPSA) is 60.5 Å². The lowest BCUT2D eigenvalue weighted by Gasteiger charge is -2.33. The number of rotatable bonds is 6. The first-order valence-electron chi connectivity index (χ1n) is 8.65. The molecule has 5 nitrogen and oxygen atoms in total. The van der Waals surface area contributed by atoms with Crippen LogP contribution in [0.5, 0.6) is 5.75 Å². The Morgan fingerprint density at radius 1 is 1.31 bits per heavy atom. The van der Waals surface area contributed by atoms with Gasteiger partial charge < -0.3 is 14.8 Å². The first-order valence-corrected chi connectivity index (χ1v) is 10.3. The normalized spacial score (nSPS) is 14.3. The van der Waals surface area contributed by atoms with Crippen LogP contribution >= 0.6 is 27.3 Å². The maximum Gasteiger partial charge on any atom is 0.408 e. The van der Waals surface area contributed by atoms with Gasteiger partial charge in [0.2, 0.25) is 0 Å². The van der Waals surface area contributed by atoms with Crippen molar-refractivity contribution in [3.8, 4) is 5.75 Å². The monoisotopic (exact) mass is 442 g/mol. The molecule has 144 valence electrons. The average Bonchev–Trinajstić information content (AvgIpc) is 2.93. The molecule has 0 aliphatic heterocycles. The van der Waals surface area contributed by atoms with Crippen molar-refractivity contribution in [2.24, 2.45) is 5.92 Å². The quantitative estimate of drug-likeness (QED) is 0.616. The number of hydrogen-bond donors (Lipinski definition) is 1. The second-order valence-corrected chi connectivity index (χ2v) is 9.86. The van der Waals surface area contributed by atoms with Crippen LogP contribution in [0.2, 0.25) is 0 Å². The fraction of sp³-hybridized carbons (Fsp3) is 0.579. The second kappa shape index (κ2) is 8.13. The third-order valence-electron chi connectivity index (χ3n) is 3.61. The maximum absolute atomic E-state index is 12.3. The molecule has 2 rings (SSSR count). The number of hydrogen-bond acceptors (Lipinski definition) is 5. The van der Waals surface area contributed by atoms with Crippen molar-refractivity contribution in [1.29, 1.82) is 0 Å². The summed E-state index contributed by atoms with van der Waals surface area (Å²) < 4.78 is 13.5. The Morgan fingerprint density at radius 3 is 2.62 bits per heavy atom. The van der Waals surface area contributed by atoms with E-state index in [0.717, 1.165) is 21.1 Å². The Balaban J connectivity index is 2.15. The molecule has 0 unspecified atom stereocenters. The molecule has 1 N–H and O–H groups in total. The molecular formula is C19H27BrN2O3S. The molecule has 2 aromatic rings. The number of ether oxygens (including phenoxy) is 2. The molecule has 0 saturated carbocycles. The minimum atomic E-state index is -0.550. The highest BCUT2D eigenvalue weighted by Gasteiger charge is 2.31. The van der Waals surface area contributed by atoms with Crippen LogP contribution in [0.1, 0.15) is 48.0 Å². The number of benzene rings is 1. The van der Waals surface area contributed by atoms with E-state index in [-0.39, 0.29) is 0 Å². The molecule has 1 atom stereocenters. The predicted molar refractivity (Wildman–Crippen MR) is 110 cm³/mol. The maximum atomic E-state index is 12.3. The number of aromatic nitrogens is 1. The lowest BCUT2D eigenvalue weighted by Crippen LogP contribution is -2.52. The molecular weight excluding hydrogens is 416 g/mol. The van der Waals surface area contributed by atoms with Crippen molar-refractivity contribution in [1.82, 2.24) is 10.3 Å². The fourth-order valence-electron chi connectivity index (χ4n) is 2.85. The molecule has 1 aromatic carbocycles. The van der Waals surface area contributed by atoms with Crippen molar-refractivity contribution < 1.29 is 14.3 Å². The van der Waals surface area contributed by atoms with Crippen molar-refractivity contribution in [2.75, 3.05) is 6.61 Å². The number of thiazole rings is 1. The molecule has 0 saturated heterocycles. The Bertz CT molecular complexity index is 770. The smallest absolute Gasteiger partial charge is 0.408 e. The fourth-order valence-corrected chi connectivity index (χ4v) is 4.15. The highest BCUT2D eigenvalue weighted by atomic mass is 79.9. The number of alkyl carbamates (subject to hydrolysis) is 1. The third kappa shape index (κ3) is 5.84. The summed E-state index contributed by atoms with van der Waals surface area (Å²) in [5.41, 5.74) is 1.54. The number of carbonyl (C=O) groups is 1. The summed E-state index contributed by atoms with van der Waals surface area (Å²) in [5, 5.41) is 2.99. The molecule has 1 amide bonds. The van der Waals surface area contributed by atoms with Crippen LogP contribution in [-0.2, 0) is 4.74 Å². The van der Waals surface area contributed by atoms with E-state index in [4.69, 9.17) is 9.47 Å². The number of halogens is 1. The summed E-state index contributed by atoms with van der Waals surface area (Å²) in [4.78, 5) is 16.7. The lowest BCUT2D eigenvalue weighted by molar-refractivity contribution is 0.0408. The third-order valence-corrected chi connectivity index (χ3v) is 5.39. The van der Waals surface area contributed by atoms with Gasteiger partial charge in [-0.1, -0.05) is 13.8 Å². The van der Waals surface area contributed by atoms with Crippen molar-refractivity contribution in [2.45, 2.75) is 59.1 Å². The van der Waals surface area contributed by atoms with Crippen LogP contribution in [0.25, 0.3) is 10.2 Å². The Hall–Kier alpha value is -1.34. The number of nitrogens with one attached hydrogen (secondary N) is 1. The zero-order chi connectivity index (χ0) is 19.5.